The standard InChI is InChI=1S/C31H39N5O4/c1-3-32-31(39)36(21-25-10-5-4-6-11-25,35(2)30(38)23-40-22-28-14-9-19-33-28)34-29(37)18-16-24-15-17-26-12-7-8-13-27(26)20-24/h4-8,10-13,15,17,20,28,33H,3,9,14,16,18-19,21-23H2,1-2H3,(H-,32,34,37,39)/p+1/t28-,36?/m1/s1. The number of benzene rings is 3. The zero-order valence-corrected chi connectivity index (χ0v) is 23.4. The van der Waals surface area contributed by atoms with Crippen molar-refractivity contribution < 1.29 is 23.8 Å². The summed E-state index contributed by atoms with van der Waals surface area (Å²) < 4.78 is 5.00. The molecule has 4 rings (SSSR count). The lowest BCUT2D eigenvalue weighted by molar-refractivity contribution is -0.993. The van der Waals surface area contributed by atoms with Crippen LogP contribution in [0.1, 0.15) is 37.3 Å². The fourth-order valence-electron chi connectivity index (χ4n) is 4.99. The monoisotopic (exact) mass is 546 g/mol. The van der Waals surface area contributed by atoms with Crippen molar-refractivity contribution in [2.24, 2.45) is 0 Å². The van der Waals surface area contributed by atoms with Gasteiger partial charge in [-0.3, -0.25) is 9.59 Å². The number of hydrogen-bond donors (Lipinski definition) is 3. The predicted octanol–water partition coefficient (Wildman–Crippen LogP) is 3.69. The molecule has 9 heteroatoms. The van der Waals surface area contributed by atoms with Gasteiger partial charge in [-0.05, 0) is 53.8 Å². The maximum Gasteiger partial charge on any atom is 0.466 e. The highest BCUT2D eigenvalue weighted by Gasteiger charge is 2.47. The number of nitrogens with one attached hydrogen (secondary N) is 3. The molecule has 1 heterocycles. The van der Waals surface area contributed by atoms with E-state index in [4.69, 9.17) is 4.74 Å². The molecule has 3 aromatic rings. The van der Waals surface area contributed by atoms with Crippen LogP contribution in [0.4, 0.5) is 4.79 Å². The van der Waals surface area contributed by atoms with Crippen LogP contribution in [0, 0.1) is 0 Å². The van der Waals surface area contributed by atoms with Crippen molar-refractivity contribution in [3.63, 3.8) is 0 Å². The lowest BCUT2D eigenvalue weighted by Gasteiger charge is -2.39. The van der Waals surface area contributed by atoms with Crippen LogP contribution in [0.2, 0.25) is 0 Å². The lowest BCUT2D eigenvalue weighted by atomic mass is 10.0. The van der Waals surface area contributed by atoms with E-state index in [2.05, 4.69) is 28.2 Å². The third kappa shape index (κ3) is 7.44. The van der Waals surface area contributed by atoms with E-state index in [0.29, 0.717) is 19.6 Å². The second-order valence-electron chi connectivity index (χ2n) is 10.2. The predicted molar refractivity (Wildman–Crippen MR) is 155 cm³/mol. The highest BCUT2D eigenvalue weighted by Crippen LogP contribution is 2.19. The first-order valence-corrected chi connectivity index (χ1v) is 14.0. The van der Waals surface area contributed by atoms with E-state index < -0.39 is 16.6 Å². The summed E-state index contributed by atoms with van der Waals surface area (Å²) in [6.45, 7) is 3.36. The van der Waals surface area contributed by atoms with E-state index in [9.17, 15) is 14.4 Å². The van der Waals surface area contributed by atoms with Gasteiger partial charge in [0.25, 0.3) is 11.8 Å². The van der Waals surface area contributed by atoms with Gasteiger partial charge in [-0.1, -0.05) is 72.8 Å². The quantitative estimate of drug-likeness (QED) is 0.266. The van der Waals surface area contributed by atoms with E-state index in [1.165, 1.54) is 12.1 Å². The number of ether oxygens (including phenoxy) is 1. The molecule has 1 aliphatic heterocycles. The van der Waals surface area contributed by atoms with Crippen molar-refractivity contribution in [2.45, 2.75) is 45.2 Å². The number of fused-ring (bicyclic) bond motifs is 1. The molecule has 0 bridgehead atoms. The van der Waals surface area contributed by atoms with Gasteiger partial charge in [-0.15, -0.1) is 0 Å². The van der Waals surface area contributed by atoms with Gasteiger partial charge in [0, 0.05) is 24.6 Å². The topological polar surface area (TPSA) is 99.8 Å². The van der Waals surface area contributed by atoms with Gasteiger partial charge >= 0.3 is 6.03 Å². The number of nitrogens with zero attached hydrogens (tertiary/aromatic N) is 2. The zero-order chi connectivity index (χ0) is 28.4. The van der Waals surface area contributed by atoms with Crippen molar-refractivity contribution in [1.82, 2.24) is 21.1 Å². The van der Waals surface area contributed by atoms with Gasteiger partial charge in [0.15, 0.2) is 6.54 Å². The maximum absolute atomic E-state index is 13.7. The number of carbonyl (C=O) groups is 3. The molecule has 0 aromatic heterocycles. The van der Waals surface area contributed by atoms with E-state index >= 15 is 0 Å². The highest BCUT2D eigenvalue weighted by molar-refractivity contribution is 5.83. The van der Waals surface area contributed by atoms with E-state index in [1.807, 2.05) is 60.7 Å². The Hall–Kier alpha value is -3.79. The fraction of sp³-hybridized carbons (Fsp3) is 0.387. The van der Waals surface area contributed by atoms with Gasteiger partial charge in [0.05, 0.1) is 13.7 Å². The summed E-state index contributed by atoms with van der Waals surface area (Å²) in [6, 6.07) is 23.3. The van der Waals surface area contributed by atoms with Gasteiger partial charge in [-0.25, -0.2) is 4.79 Å². The van der Waals surface area contributed by atoms with E-state index in [0.717, 1.165) is 41.3 Å². The van der Waals surface area contributed by atoms with Crippen LogP contribution < -0.4 is 16.1 Å². The summed E-state index contributed by atoms with van der Waals surface area (Å²) in [5, 5.41) is 9.68. The van der Waals surface area contributed by atoms with Gasteiger partial charge in [-0.2, -0.15) is 10.4 Å². The molecule has 1 aliphatic rings. The van der Waals surface area contributed by atoms with Crippen molar-refractivity contribution in [2.75, 3.05) is 33.4 Å². The molecule has 2 atom stereocenters. The van der Waals surface area contributed by atoms with Crippen LogP contribution in [0.25, 0.3) is 10.8 Å². The van der Waals surface area contributed by atoms with Crippen LogP contribution in [-0.4, -0.2) is 66.9 Å². The number of amides is 4. The maximum atomic E-state index is 13.7. The SMILES string of the molecule is CCNC(=O)[N+](Cc1ccccc1)(NC(=O)CCc1ccc2ccccc2c1)N(C)C(=O)COC[C@H]1CCCN1. The Balaban J connectivity index is 1.53. The summed E-state index contributed by atoms with van der Waals surface area (Å²) >= 11 is 0. The summed E-state index contributed by atoms with van der Waals surface area (Å²) in [5.41, 5.74) is 4.72. The number of likely N-dealkylation sites (N-methyl/N-ethyl adjacent to an activating group) is 1. The summed E-state index contributed by atoms with van der Waals surface area (Å²) in [6.07, 6.45) is 2.73. The number of hydrogen-bond acceptors (Lipinski definition) is 5. The fourth-order valence-corrected chi connectivity index (χ4v) is 4.99. The Labute approximate surface area is 236 Å². The Kier molecular flexibility index (Phi) is 10.2. The minimum Gasteiger partial charge on any atom is -0.370 e. The first-order valence-electron chi connectivity index (χ1n) is 14.0. The number of aryl methyl sites for hydroxylation is 1. The van der Waals surface area contributed by atoms with Crippen molar-refractivity contribution in [3.8, 4) is 0 Å². The Morgan fingerprint density at radius 1 is 1.00 bits per heavy atom. The largest absolute Gasteiger partial charge is 0.466 e. The average molecular weight is 547 g/mol. The third-order valence-corrected chi connectivity index (χ3v) is 7.26. The lowest BCUT2D eigenvalue weighted by Crippen LogP contribution is -2.74. The molecule has 0 spiro atoms. The molecule has 0 saturated carbocycles. The minimum atomic E-state index is -0.724. The average Bonchev–Trinajstić information content (AvgIpc) is 3.49. The molecule has 0 aliphatic carbocycles. The molecular formula is C31H40N5O4+. The van der Waals surface area contributed by atoms with Crippen molar-refractivity contribution in [1.29, 1.82) is 0 Å². The van der Waals surface area contributed by atoms with Gasteiger partial charge in [0.1, 0.15) is 6.61 Å². The molecule has 0 radical (unpaired) electrons. The first kappa shape index (κ1) is 29.2. The number of quaternary nitrogens is 1. The van der Waals surface area contributed by atoms with E-state index in [1.54, 1.807) is 6.92 Å². The minimum absolute atomic E-state index is 0.0564. The Morgan fingerprint density at radius 3 is 2.48 bits per heavy atom. The van der Waals surface area contributed by atoms with Crippen LogP contribution in [0.3, 0.4) is 0 Å². The molecule has 1 fully saturated rings. The molecule has 3 aromatic carbocycles. The second kappa shape index (κ2) is 14.0. The van der Waals surface area contributed by atoms with E-state index in [-0.39, 0.29) is 31.5 Å². The summed E-state index contributed by atoms with van der Waals surface area (Å²) in [4.78, 5) is 40.5. The van der Waals surface area contributed by atoms with Crippen LogP contribution in [0.15, 0.2) is 72.8 Å². The first-order chi connectivity index (χ1) is 19.4. The Morgan fingerprint density at radius 2 is 1.75 bits per heavy atom. The number of rotatable bonds is 10. The third-order valence-electron chi connectivity index (χ3n) is 7.26. The smallest absolute Gasteiger partial charge is 0.370 e. The van der Waals surface area contributed by atoms with Crippen molar-refractivity contribution in [3.05, 3.63) is 83.9 Å². The zero-order valence-electron chi connectivity index (χ0n) is 23.4. The molecule has 1 unspecified atom stereocenters. The van der Waals surface area contributed by atoms with Gasteiger partial charge in [0.2, 0.25) is 0 Å². The van der Waals surface area contributed by atoms with Crippen LogP contribution >= 0.6 is 0 Å². The molecule has 40 heavy (non-hydrogen) atoms. The molecule has 4 amide bonds. The second-order valence-corrected chi connectivity index (χ2v) is 10.2. The van der Waals surface area contributed by atoms with Gasteiger partial charge < -0.3 is 15.4 Å². The normalized spacial score (nSPS) is 16.3. The number of carbonyl (C=O) groups excluding carboxylic acids is 3. The molecular weight excluding hydrogens is 506 g/mol. The Bertz CT molecular complexity index is 1300. The number of urea groups is 1. The highest BCUT2D eigenvalue weighted by atomic mass is 16.5. The summed E-state index contributed by atoms with van der Waals surface area (Å²) in [5.74, 6) is -0.749. The van der Waals surface area contributed by atoms with Crippen molar-refractivity contribution >= 4 is 28.6 Å². The summed E-state index contributed by atoms with van der Waals surface area (Å²) in [7, 11) is 1.53. The van der Waals surface area contributed by atoms with Crippen LogP contribution in [-0.2, 0) is 27.3 Å². The molecule has 212 valence electrons. The molecule has 3 N–H and O–H groups in total. The van der Waals surface area contributed by atoms with Crippen LogP contribution in [0.5, 0.6) is 0 Å². The molecule has 9 nitrogen and oxygen atoms in total. The molecule has 1 saturated heterocycles.